The lowest BCUT2D eigenvalue weighted by molar-refractivity contribution is 0.0984. The Kier molecular flexibility index (Phi) is 5.12. The van der Waals surface area contributed by atoms with Crippen LogP contribution >= 0.6 is 0 Å². The number of fused-ring (bicyclic) bond motifs is 1. The van der Waals surface area contributed by atoms with Gasteiger partial charge in [0.15, 0.2) is 11.6 Å². The molecule has 1 atom stereocenters. The van der Waals surface area contributed by atoms with E-state index in [0.717, 1.165) is 16.7 Å². The van der Waals surface area contributed by atoms with E-state index in [1.165, 1.54) is 6.92 Å². The maximum Gasteiger partial charge on any atom is 0.167 e. The van der Waals surface area contributed by atoms with Crippen molar-refractivity contribution in [3.8, 4) is 11.5 Å². The van der Waals surface area contributed by atoms with Gasteiger partial charge in [-0.1, -0.05) is 13.0 Å². The summed E-state index contributed by atoms with van der Waals surface area (Å²) in [6.07, 6.45) is 0.528. The number of carbonyl (C=O) groups is 2. The first-order valence-electron chi connectivity index (χ1n) is 8.98. The second-order valence-electron chi connectivity index (χ2n) is 6.80. The molecule has 0 aliphatic heterocycles. The lowest BCUT2D eigenvalue weighted by Crippen LogP contribution is -2.06. The van der Waals surface area contributed by atoms with Crippen LogP contribution in [-0.4, -0.2) is 18.2 Å². The number of ether oxygens (including phenoxy) is 2. The highest BCUT2D eigenvalue weighted by atomic mass is 16.5. The van der Waals surface area contributed by atoms with E-state index >= 15 is 0 Å². The molecule has 0 saturated heterocycles. The van der Waals surface area contributed by atoms with Crippen LogP contribution in [-0.2, 0) is 6.61 Å². The Morgan fingerprint density at radius 2 is 1.88 bits per heavy atom. The zero-order valence-corrected chi connectivity index (χ0v) is 15.7. The summed E-state index contributed by atoms with van der Waals surface area (Å²) in [6.45, 7) is 8.32. The molecule has 0 saturated carbocycles. The number of aryl methyl sites for hydroxylation is 1. The van der Waals surface area contributed by atoms with Crippen molar-refractivity contribution in [2.75, 3.05) is 6.61 Å². The number of rotatable bonds is 6. The SMILES string of the molecule is CCOc1ccc(C(C)=O)cc1COc1ccc(C)c2c1C(=O)C[C@H]2C. The van der Waals surface area contributed by atoms with E-state index in [2.05, 4.69) is 6.92 Å². The number of hydrogen-bond donors (Lipinski definition) is 0. The average Bonchev–Trinajstić information content (AvgIpc) is 2.91. The van der Waals surface area contributed by atoms with Gasteiger partial charge in [-0.2, -0.15) is 0 Å². The van der Waals surface area contributed by atoms with Crippen molar-refractivity contribution in [2.24, 2.45) is 0 Å². The van der Waals surface area contributed by atoms with Crippen molar-refractivity contribution in [3.63, 3.8) is 0 Å². The fraction of sp³-hybridized carbons (Fsp3) is 0.364. The Bertz CT molecular complexity index is 867. The monoisotopic (exact) mass is 352 g/mol. The summed E-state index contributed by atoms with van der Waals surface area (Å²) in [5.74, 6) is 1.65. The Morgan fingerprint density at radius 3 is 2.58 bits per heavy atom. The number of hydrogen-bond acceptors (Lipinski definition) is 4. The molecule has 1 aliphatic carbocycles. The van der Waals surface area contributed by atoms with Crippen LogP contribution in [0.25, 0.3) is 0 Å². The van der Waals surface area contributed by atoms with E-state index in [4.69, 9.17) is 9.47 Å². The largest absolute Gasteiger partial charge is 0.493 e. The van der Waals surface area contributed by atoms with Crippen molar-refractivity contribution in [1.82, 2.24) is 0 Å². The molecule has 1 aliphatic rings. The first kappa shape index (κ1) is 18.2. The molecule has 0 amide bonds. The minimum absolute atomic E-state index is 0.00507. The van der Waals surface area contributed by atoms with E-state index < -0.39 is 0 Å². The molecule has 0 aromatic heterocycles. The summed E-state index contributed by atoms with van der Waals surface area (Å²) in [7, 11) is 0. The number of benzene rings is 2. The summed E-state index contributed by atoms with van der Waals surface area (Å²) in [5, 5.41) is 0. The number of carbonyl (C=O) groups excluding carboxylic acids is 2. The Hall–Kier alpha value is -2.62. The first-order chi connectivity index (χ1) is 12.4. The molecule has 3 rings (SSSR count). The third-order valence-electron chi connectivity index (χ3n) is 4.84. The van der Waals surface area contributed by atoms with Crippen LogP contribution in [0, 0.1) is 6.92 Å². The molecule has 0 N–H and O–H groups in total. The molecule has 4 nitrogen and oxygen atoms in total. The summed E-state index contributed by atoms with van der Waals surface area (Å²) < 4.78 is 11.7. The van der Waals surface area contributed by atoms with E-state index in [9.17, 15) is 9.59 Å². The van der Waals surface area contributed by atoms with Crippen molar-refractivity contribution in [1.29, 1.82) is 0 Å². The van der Waals surface area contributed by atoms with E-state index in [0.29, 0.717) is 35.7 Å². The van der Waals surface area contributed by atoms with Crippen LogP contribution in [0.2, 0.25) is 0 Å². The highest BCUT2D eigenvalue weighted by molar-refractivity contribution is 6.04. The third kappa shape index (κ3) is 3.36. The van der Waals surface area contributed by atoms with Crippen LogP contribution in [0.15, 0.2) is 30.3 Å². The molecule has 0 bridgehead atoms. The second-order valence-corrected chi connectivity index (χ2v) is 6.80. The lowest BCUT2D eigenvalue weighted by atomic mass is 9.97. The maximum atomic E-state index is 12.4. The predicted molar refractivity (Wildman–Crippen MR) is 100 cm³/mol. The lowest BCUT2D eigenvalue weighted by Gasteiger charge is -2.15. The van der Waals surface area contributed by atoms with Crippen LogP contribution in [0.4, 0.5) is 0 Å². The molecular weight excluding hydrogens is 328 g/mol. The van der Waals surface area contributed by atoms with Gasteiger partial charge < -0.3 is 9.47 Å². The topological polar surface area (TPSA) is 52.6 Å². The molecule has 136 valence electrons. The van der Waals surface area contributed by atoms with Crippen LogP contribution in [0.5, 0.6) is 11.5 Å². The predicted octanol–water partition coefficient (Wildman–Crippen LogP) is 4.87. The highest BCUT2D eigenvalue weighted by Gasteiger charge is 2.31. The number of ketones is 2. The molecule has 0 fully saturated rings. The molecule has 0 spiro atoms. The van der Waals surface area contributed by atoms with Gasteiger partial charge in [0.25, 0.3) is 0 Å². The van der Waals surface area contributed by atoms with Crippen molar-refractivity contribution in [2.45, 2.75) is 46.6 Å². The molecule has 2 aromatic carbocycles. The van der Waals surface area contributed by atoms with Crippen LogP contribution in [0.3, 0.4) is 0 Å². The van der Waals surface area contributed by atoms with Gasteiger partial charge in [-0.05, 0) is 62.1 Å². The van der Waals surface area contributed by atoms with Gasteiger partial charge in [0.1, 0.15) is 18.1 Å². The molecule has 26 heavy (non-hydrogen) atoms. The molecule has 0 heterocycles. The number of Topliss-reactive ketones (excluding diaryl/α,β-unsaturated/α-hetero) is 2. The van der Waals surface area contributed by atoms with Gasteiger partial charge in [-0.3, -0.25) is 9.59 Å². The summed E-state index contributed by atoms with van der Waals surface area (Å²) in [6, 6.07) is 9.21. The van der Waals surface area contributed by atoms with E-state index in [1.54, 1.807) is 18.2 Å². The zero-order valence-electron chi connectivity index (χ0n) is 15.7. The Balaban J connectivity index is 1.92. The Morgan fingerprint density at radius 1 is 1.15 bits per heavy atom. The molecule has 4 heteroatoms. The van der Waals surface area contributed by atoms with Crippen LogP contribution < -0.4 is 9.47 Å². The minimum Gasteiger partial charge on any atom is -0.493 e. The van der Waals surface area contributed by atoms with Gasteiger partial charge in [-0.15, -0.1) is 0 Å². The zero-order chi connectivity index (χ0) is 18.8. The average molecular weight is 352 g/mol. The second kappa shape index (κ2) is 7.32. The standard InChI is InChI=1S/C22H24O4/c1-5-25-19-9-7-16(15(4)23)11-17(19)12-26-20-8-6-13(2)21-14(3)10-18(24)22(20)21/h6-9,11,14H,5,10,12H2,1-4H3/t14-/m1/s1. The van der Waals surface area contributed by atoms with Gasteiger partial charge in [0.2, 0.25) is 0 Å². The normalized spacial score (nSPS) is 15.7. The van der Waals surface area contributed by atoms with Gasteiger partial charge in [0.05, 0.1) is 12.2 Å². The molecule has 0 unspecified atom stereocenters. The fourth-order valence-electron chi connectivity index (χ4n) is 3.59. The quantitative estimate of drug-likeness (QED) is 0.696. The van der Waals surface area contributed by atoms with Gasteiger partial charge in [0, 0.05) is 17.5 Å². The van der Waals surface area contributed by atoms with E-state index in [-0.39, 0.29) is 24.1 Å². The smallest absolute Gasteiger partial charge is 0.167 e. The third-order valence-corrected chi connectivity index (χ3v) is 4.84. The molecule has 2 aromatic rings. The maximum absolute atomic E-state index is 12.4. The van der Waals surface area contributed by atoms with Crippen molar-refractivity contribution < 1.29 is 19.1 Å². The molecule has 0 radical (unpaired) electrons. The Labute approximate surface area is 154 Å². The van der Waals surface area contributed by atoms with Gasteiger partial charge in [-0.25, -0.2) is 0 Å². The highest BCUT2D eigenvalue weighted by Crippen LogP contribution is 2.40. The van der Waals surface area contributed by atoms with Crippen molar-refractivity contribution >= 4 is 11.6 Å². The summed E-state index contributed by atoms with van der Waals surface area (Å²) >= 11 is 0. The molecular formula is C22H24O4. The summed E-state index contributed by atoms with van der Waals surface area (Å²) in [5.41, 5.74) is 4.34. The minimum atomic E-state index is -0.00507. The summed E-state index contributed by atoms with van der Waals surface area (Å²) in [4.78, 5) is 24.1. The van der Waals surface area contributed by atoms with Crippen LogP contribution in [0.1, 0.15) is 70.5 Å². The first-order valence-corrected chi connectivity index (χ1v) is 8.98. The van der Waals surface area contributed by atoms with Gasteiger partial charge >= 0.3 is 0 Å². The van der Waals surface area contributed by atoms with Crippen molar-refractivity contribution in [3.05, 3.63) is 58.1 Å². The fourth-order valence-corrected chi connectivity index (χ4v) is 3.59. The van der Waals surface area contributed by atoms with E-state index in [1.807, 2.05) is 26.0 Å².